The maximum absolute atomic E-state index is 13.7. The van der Waals surface area contributed by atoms with Crippen molar-refractivity contribution < 1.29 is 23.5 Å². The van der Waals surface area contributed by atoms with E-state index in [1.165, 1.54) is 19.2 Å². The molecule has 2 aromatic rings. The maximum atomic E-state index is 13.7. The minimum Gasteiger partial charge on any atom is -0.494 e. The zero-order chi connectivity index (χ0) is 16.8. The second kappa shape index (κ2) is 7.40. The van der Waals surface area contributed by atoms with Gasteiger partial charge < -0.3 is 14.8 Å². The number of carbonyl (C=O) groups excluding carboxylic acids is 2. The summed E-state index contributed by atoms with van der Waals surface area (Å²) in [6.45, 7) is 1.92. The molecule has 6 heteroatoms. The Morgan fingerprint density at radius 3 is 2.57 bits per heavy atom. The van der Waals surface area contributed by atoms with E-state index in [0.717, 1.165) is 6.07 Å². The molecule has 1 amide bonds. The monoisotopic (exact) mass is 317 g/mol. The highest BCUT2D eigenvalue weighted by molar-refractivity contribution is 6.08. The van der Waals surface area contributed by atoms with E-state index < -0.39 is 17.7 Å². The van der Waals surface area contributed by atoms with Gasteiger partial charge in [0.1, 0.15) is 0 Å². The van der Waals surface area contributed by atoms with Crippen molar-refractivity contribution in [1.29, 1.82) is 0 Å². The Morgan fingerprint density at radius 1 is 1.17 bits per heavy atom. The predicted octanol–water partition coefficient (Wildman–Crippen LogP) is 3.26. The van der Waals surface area contributed by atoms with E-state index in [1.54, 1.807) is 31.2 Å². The average Bonchev–Trinajstić information content (AvgIpc) is 2.55. The van der Waals surface area contributed by atoms with Crippen LogP contribution in [-0.4, -0.2) is 25.6 Å². The van der Waals surface area contributed by atoms with E-state index in [4.69, 9.17) is 9.47 Å². The minimum absolute atomic E-state index is 0.0495. The number of esters is 1. The van der Waals surface area contributed by atoms with Crippen LogP contribution in [0.15, 0.2) is 42.5 Å². The number of rotatable bonds is 5. The number of hydrogen-bond acceptors (Lipinski definition) is 4. The zero-order valence-corrected chi connectivity index (χ0v) is 12.8. The fraction of sp³-hybridized carbons (Fsp3) is 0.176. The lowest BCUT2D eigenvalue weighted by atomic mass is 10.1. The molecule has 0 bridgehead atoms. The van der Waals surface area contributed by atoms with Gasteiger partial charge in [0.05, 0.1) is 25.0 Å². The van der Waals surface area contributed by atoms with Gasteiger partial charge in [-0.3, -0.25) is 4.79 Å². The Morgan fingerprint density at radius 2 is 1.91 bits per heavy atom. The van der Waals surface area contributed by atoms with E-state index in [0.29, 0.717) is 5.69 Å². The van der Waals surface area contributed by atoms with Gasteiger partial charge in [0.25, 0.3) is 5.91 Å². The number of methoxy groups -OCH3 is 1. The largest absolute Gasteiger partial charge is 0.494 e. The summed E-state index contributed by atoms with van der Waals surface area (Å²) < 4.78 is 23.4. The number of carbonyl (C=O) groups is 2. The predicted molar refractivity (Wildman–Crippen MR) is 83.3 cm³/mol. The number of nitrogens with one attached hydrogen (secondary N) is 1. The number of halogens is 1. The minimum atomic E-state index is -0.640. The van der Waals surface area contributed by atoms with Crippen LogP contribution in [0.2, 0.25) is 0 Å². The Bertz CT molecular complexity index is 730. The Kier molecular flexibility index (Phi) is 5.30. The van der Waals surface area contributed by atoms with Crippen molar-refractivity contribution in [3.8, 4) is 5.75 Å². The molecule has 0 radical (unpaired) electrons. The molecule has 23 heavy (non-hydrogen) atoms. The smallest absolute Gasteiger partial charge is 0.340 e. The molecule has 0 aliphatic rings. The molecule has 0 aliphatic carbocycles. The molecule has 0 saturated carbocycles. The summed E-state index contributed by atoms with van der Waals surface area (Å²) in [7, 11) is 1.34. The van der Waals surface area contributed by atoms with Gasteiger partial charge in [0.2, 0.25) is 0 Å². The van der Waals surface area contributed by atoms with Crippen LogP contribution >= 0.6 is 0 Å². The number of amides is 1. The first-order valence-corrected chi connectivity index (χ1v) is 6.97. The highest BCUT2D eigenvalue weighted by Gasteiger charge is 2.16. The Balaban J connectivity index is 2.24. The second-order valence-corrected chi connectivity index (χ2v) is 4.57. The van der Waals surface area contributed by atoms with E-state index in [1.807, 2.05) is 0 Å². The zero-order valence-electron chi connectivity index (χ0n) is 12.8. The van der Waals surface area contributed by atoms with Crippen LogP contribution < -0.4 is 10.1 Å². The lowest BCUT2D eigenvalue weighted by Gasteiger charge is -2.11. The Labute approximate surface area is 133 Å². The normalized spacial score (nSPS) is 10.0. The van der Waals surface area contributed by atoms with Crippen molar-refractivity contribution in [2.24, 2.45) is 0 Å². The van der Waals surface area contributed by atoms with Gasteiger partial charge in [-0.15, -0.1) is 0 Å². The van der Waals surface area contributed by atoms with Gasteiger partial charge in [-0.2, -0.15) is 0 Å². The van der Waals surface area contributed by atoms with Crippen molar-refractivity contribution in [2.45, 2.75) is 6.92 Å². The van der Waals surface area contributed by atoms with Gasteiger partial charge in [-0.25, -0.2) is 9.18 Å². The fourth-order valence-electron chi connectivity index (χ4n) is 1.98. The van der Waals surface area contributed by atoms with Gasteiger partial charge in [-0.05, 0) is 37.3 Å². The molecular formula is C17H16FNO4. The maximum Gasteiger partial charge on any atom is 0.340 e. The first-order chi connectivity index (χ1) is 11.1. The molecule has 5 nitrogen and oxygen atoms in total. The molecular weight excluding hydrogens is 301 g/mol. The number of benzene rings is 2. The molecule has 0 aromatic heterocycles. The van der Waals surface area contributed by atoms with E-state index in [2.05, 4.69) is 5.32 Å². The highest BCUT2D eigenvalue weighted by atomic mass is 19.1. The Hall–Kier alpha value is -2.89. The SMILES string of the molecule is CCOC(=O)c1ccccc1NC(=O)c1ccc(OC)c(F)c1. The quantitative estimate of drug-likeness (QED) is 0.860. The molecule has 0 unspecified atom stereocenters. The summed E-state index contributed by atoms with van der Waals surface area (Å²) in [5.41, 5.74) is 0.644. The second-order valence-electron chi connectivity index (χ2n) is 4.57. The number of hydrogen-bond donors (Lipinski definition) is 1. The molecule has 1 N–H and O–H groups in total. The summed E-state index contributed by atoms with van der Waals surface area (Å²) >= 11 is 0. The number of ether oxygens (including phenoxy) is 2. The summed E-state index contributed by atoms with van der Waals surface area (Å²) in [5.74, 6) is -1.67. The van der Waals surface area contributed by atoms with Crippen LogP contribution in [0.4, 0.5) is 10.1 Å². The molecule has 0 atom stereocenters. The fourth-order valence-corrected chi connectivity index (χ4v) is 1.98. The molecule has 120 valence electrons. The lowest BCUT2D eigenvalue weighted by Crippen LogP contribution is -2.16. The van der Waals surface area contributed by atoms with Crippen molar-refractivity contribution >= 4 is 17.6 Å². The van der Waals surface area contributed by atoms with E-state index in [-0.39, 0.29) is 23.5 Å². The van der Waals surface area contributed by atoms with Crippen molar-refractivity contribution in [3.63, 3.8) is 0 Å². The van der Waals surface area contributed by atoms with Gasteiger partial charge in [0, 0.05) is 5.56 Å². The van der Waals surface area contributed by atoms with E-state index >= 15 is 0 Å². The van der Waals surface area contributed by atoms with Crippen LogP contribution in [0.25, 0.3) is 0 Å². The van der Waals surface area contributed by atoms with Crippen molar-refractivity contribution in [1.82, 2.24) is 0 Å². The van der Waals surface area contributed by atoms with Crippen molar-refractivity contribution in [2.75, 3.05) is 19.0 Å². The standard InChI is InChI=1S/C17H16FNO4/c1-3-23-17(21)12-6-4-5-7-14(12)19-16(20)11-8-9-15(22-2)13(18)10-11/h4-10H,3H2,1-2H3,(H,19,20). The molecule has 0 fully saturated rings. The van der Waals surface area contributed by atoms with Crippen LogP contribution in [-0.2, 0) is 4.74 Å². The summed E-state index contributed by atoms with van der Waals surface area (Å²) in [4.78, 5) is 24.1. The third-order valence-corrected chi connectivity index (χ3v) is 3.08. The third kappa shape index (κ3) is 3.85. The number of anilines is 1. The highest BCUT2D eigenvalue weighted by Crippen LogP contribution is 2.20. The van der Waals surface area contributed by atoms with Crippen molar-refractivity contribution in [3.05, 3.63) is 59.4 Å². The van der Waals surface area contributed by atoms with Gasteiger partial charge in [-0.1, -0.05) is 12.1 Å². The molecule has 0 saturated heterocycles. The van der Waals surface area contributed by atoms with Gasteiger partial charge in [0.15, 0.2) is 11.6 Å². The van der Waals surface area contributed by atoms with Crippen LogP contribution in [0, 0.1) is 5.82 Å². The first kappa shape index (κ1) is 16.5. The number of para-hydroxylation sites is 1. The lowest BCUT2D eigenvalue weighted by molar-refractivity contribution is 0.0527. The molecule has 0 heterocycles. The molecule has 0 spiro atoms. The van der Waals surface area contributed by atoms with Gasteiger partial charge >= 0.3 is 5.97 Å². The summed E-state index contributed by atoms with van der Waals surface area (Å²) in [6.07, 6.45) is 0. The summed E-state index contributed by atoms with van der Waals surface area (Å²) in [5, 5.41) is 2.58. The third-order valence-electron chi connectivity index (χ3n) is 3.08. The van der Waals surface area contributed by atoms with E-state index in [9.17, 15) is 14.0 Å². The van der Waals surface area contributed by atoms with Crippen LogP contribution in [0.5, 0.6) is 5.75 Å². The average molecular weight is 317 g/mol. The molecule has 2 rings (SSSR count). The molecule has 0 aliphatic heterocycles. The first-order valence-electron chi connectivity index (χ1n) is 6.97. The topological polar surface area (TPSA) is 64.6 Å². The van der Waals surface area contributed by atoms with Crippen LogP contribution in [0.1, 0.15) is 27.6 Å². The summed E-state index contributed by atoms with van der Waals surface area (Å²) in [6, 6.07) is 10.3. The van der Waals surface area contributed by atoms with Crippen LogP contribution in [0.3, 0.4) is 0 Å². The molecule has 2 aromatic carbocycles.